The fourth-order valence-corrected chi connectivity index (χ4v) is 4.77. The van der Waals surface area contributed by atoms with Crippen LogP contribution in [0.1, 0.15) is 22.7 Å². The molecule has 0 spiro atoms. The highest BCUT2D eigenvalue weighted by Gasteiger charge is 2.45. The van der Waals surface area contributed by atoms with Crippen LogP contribution in [-0.4, -0.2) is 66.0 Å². The highest BCUT2D eigenvalue weighted by Crippen LogP contribution is 2.39. The van der Waals surface area contributed by atoms with E-state index in [1.165, 1.54) is 0 Å². The van der Waals surface area contributed by atoms with Crippen molar-refractivity contribution < 1.29 is 24.2 Å². The Hall–Kier alpha value is -3.94. The van der Waals surface area contributed by atoms with Gasteiger partial charge in [-0.05, 0) is 35.4 Å². The van der Waals surface area contributed by atoms with Crippen LogP contribution in [0.15, 0.2) is 90.5 Å². The van der Waals surface area contributed by atoms with Gasteiger partial charge in [-0.2, -0.15) is 0 Å². The van der Waals surface area contributed by atoms with Gasteiger partial charge in [-0.1, -0.05) is 60.7 Å². The number of Topliss-reactive ketones (excluding diaryl/α,β-unsaturated/α-hetero) is 1. The number of nitrogens with zero attached hydrogens (tertiary/aromatic N) is 2. The van der Waals surface area contributed by atoms with Crippen LogP contribution in [0.4, 0.5) is 0 Å². The number of carbonyl (C=O) groups excluding carboxylic acids is 2. The average molecular weight is 499 g/mol. The number of rotatable bonds is 8. The molecule has 7 heteroatoms. The lowest BCUT2D eigenvalue weighted by atomic mass is 9.95. The summed E-state index contributed by atoms with van der Waals surface area (Å²) in [5.74, 6) is -0.800. The maximum absolute atomic E-state index is 13.2. The molecule has 2 saturated heterocycles. The average Bonchev–Trinajstić information content (AvgIpc) is 3.21. The molecular formula is C30H30N2O5. The van der Waals surface area contributed by atoms with E-state index >= 15 is 0 Å². The first-order valence-electron chi connectivity index (χ1n) is 12.5. The van der Waals surface area contributed by atoms with Crippen LogP contribution in [-0.2, 0) is 20.9 Å². The third kappa shape index (κ3) is 5.58. The third-order valence-electron chi connectivity index (χ3n) is 6.79. The Morgan fingerprint density at radius 3 is 2.19 bits per heavy atom. The van der Waals surface area contributed by atoms with Gasteiger partial charge < -0.3 is 19.5 Å². The van der Waals surface area contributed by atoms with Gasteiger partial charge in [-0.15, -0.1) is 0 Å². The van der Waals surface area contributed by atoms with Crippen LogP contribution in [0.25, 0.3) is 5.76 Å². The Labute approximate surface area is 216 Å². The second-order valence-electron chi connectivity index (χ2n) is 9.16. The van der Waals surface area contributed by atoms with E-state index in [0.717, 1.165) is 24.2 Å². The van der Waals surface area contributed by atoms with E-state index < -0.39 is 17.7 Å². The van der Waals surface area contributed by atoms with Gasteiger partial charge in [0.1, 0.15) is 18.1 Å². The number of benzene rings is 3. The van der Waals surface area contributed by atoms with Crippen LogP contribution < -0.4 is 4.74 Å². The largest absolute Gasteiger partial charge is 0.507 e. The number of aliphatic hydroxyl groups is 1. The van der Waals surface area contributed by atoms with Crippen LogP contribution in [0.2, 0.25) is 0 Å². The first-order valence-corrected chi connectivity index (χ1v) is 12.5. The van der Waals surface area contributed by atoms with E-state index in [2.05, 4.69) is 4.90 Å². The van der Waals surface area contributed by atoms with Crippen LogP contribution in [0.5, 0.6) is 5.75 Å². The summed E-state index contributed by atoms with van der Waals surface area (Å²) in [5.41, 5.74) is 2.40. The molecule has 2 aliphatic heterocycles. The van der Waals surface area contributed by atoms with Crippen molar-refractivity contribution >= 4 is 17.4 Å². The SMILES string of the molecule is O=C1C(=O)N(CCN2CCOCC2)[C@H](c2ccccc2)/C1=C(\O)c1ccc(OCc2ccccc2)cc1. The lowest BCUT2D eigenvalue weighted by Gasteiger charge is -2.31. The predicted molar refractivity (Wildman–Crippen MR) is 140 cm³/mol. The molecule has 0 bridgehead atoms. The fourth-order valence-electron chi connectivity index (χ4n) is 4.77. The van der Waals surface area contributed by atoms with E-state index in [4.69, 9.17) is 9.47 Å². The van der Waals surface area contributed by atoms with Gasteiger partial charge in [0, 0.05) is 31.7 Å². The van der Waals surface area contributed by atoms with Crippen molar-refractivity contribution in [3.63, 3.8) is 0 Å². The smallest absolute Gasteiger partial charge is 0.295 e. The molecular weight excluding hydrogens is 468 g/mol. The number of carbonyl (C=O) groups is 2. The summed E-state index contributed by atoms with van der Waals surface area (Å²) in [6.45, 7) is 4.34. The summed E-state index contributed by atoms with van der Waals surface area (Å²) in [7, 11) is 0. The molecule has 7 nitrogen and oxygen atoms in total. The third-order valence-corrected chi connectivity index (χ3v) is 6.79. The zero-order chi connectivity index (χ0) is 25.6. The van der Waals surface area contributed by atoms with Gasteiger partial charge in [-0.25, -0.2) is 0 Å². The Morgan fingerprint density at radius 2 is 1.51 bits per heavy atom. The molecule has 1 atom stereocenters. The second-order valence-corrected chi connectivity index (χ2v) is 9.16. The Kier molecular flexibility index (Phi) is 7.63. The predicted octanol–water partition coefficient (Wildman–Crippen LogP) is 4.02. The lowest BCUT2D eigenvalue weighted by molar-refractivity contribution is -0.140. The van der Waals surface area contributed by atoms with Crippen molar-refractivity contribution in [1.29, 1.82) is 0 Å². The number of hydrogen-bond donors (Lipinski definition) is 1. The van der Waals surface area contributed by atoms with Crippen molar-refractivity contribution in [2.45, 2.75) is 12.6 Å². The molecule has 5 rings (SSSR count). The quantitative estimate of drug-likeness (QED) is 0.287. The maximum atomic E-state index is 13.2. The Bertz CT molecular complexity index is 1250. The Morgan fingerprint density at radius 1 is 0.865 bits per heavy atom. The first kappa shape index (κ1) is 24.7. The van der Waals surface area contributed by atoms with Gasteiger partial charge >= 0.3 is 0 Å². The van der Waals surface area contributed by atoms with Gasteiger partial charge in [0.15, 0.2) is 0 Å². The number of ketones is 1. The number of amides is 1. The second kappa shape index (κ2) is 11.4. The molecule has 190 valence electrons. The molecule has 2 fully saturated rings. The summed E-state index contributed by atoms with van der Waals surface area (Å²) in [6, 6.07) is 25.5. The number of likely N-dealkylation sites (tertiary alicyclic amines) is 1. The molecule has 1 N–H and O–H groups in total. The van der Waals surface area contributed by atoms with E-state index in [1.54, 1.807) is 29.2 Å². The molecule has 0 aromatic heterocycles. The zero-order valence-corrected chi connectivity index (χ0v) is 20.6. The summed E-state index contributed by atoms with van der Waals surface area (Å²) in [5, 5.41) is 11.3. The topological polar surface area (TPSA) is 79.3 Å². The van der Waals surface area contributed by atoms with Crippen molar-refractivity contribution in [1.82, 2.24) is 9.80 Å². The monoisotopic (exact) mass is 498 g/mol. The van der Waals surface area contributed by atoms with E-state index in [1.807, 2.05) is 60.7 Å². The molecule has 1 amide bonds. The standard InChI is InChI=1S/C30H30N2O5/c33-28(24-11-13-25(14-12-24)37-21-22-7-3-1-4-8-22)26-27(23-9-5-2-6-10-23)32(30(35)29(26)34)16-15-31-17-19-36-20-18-31/h1-14,27,33H,15-21H2/b28-26+/t27-/m1/s1. The normalized spacial score (nSPS) is 19.8. The number of morpholine rings is 1. The van der Waals surface area contributed by atoms with Gasteiger partial charge in [0.05, 0.1) is 24.8 Å². The molecule has 3 aromatic carbocycles. The van der Waals surface area contributed by atoms with Crippen LogP contribution >= 0.6 is 0 Å². The van der Waals surface area contributed by atoms with Crippen LogP contribution in [0, 0.1) is 0 Å². The number of hydrogen-bond acceptors (Lipinski definition) is 6. The molecule has 0 unspecified atom stereocenters. The van der Waals surface area contributed by atoms with Crippen molar-refractivity contribution in [2.75, 3.05) is 39.4 Å². The number of aliphatic hydroxyl groups excluding tert-OH is 1. The van der Waals surface area contributed by atoms with Gasteiger partial charge in [0.2, 0.25) is 0 Å². The van der Waals surface area contributed by atoms with Crippen molar-refractivity contribution in [3.8, 4) is 5.75 Å². The molecule has 0 saturated carbocycles. The molecule has 2 aliphatic rings. The first-order chi connectivity index (χ1) is 18.1. The van der Waals surface area contributed by atoms with Crippen molar-refractivity contribution in [3.05, 3.63) is 107 Å². The Balaban J connectivity index is 1.40. The highest BCUT2D eigenvalue weighted by molar-refractivity contribution is 6.46. The summed E-state index contributed by atoms with van der Waals surface area (Å²) < 4.78 is 11.3. The van der Waals surface area contributed by atoms with Crippen LogP contribution in [0.3, 0.4) is 0 Å². The number of ether oxygens (including phenoxy) is 2. The minimum atomic E-state index is -0.669. The van der Waals surface area contributed by atoms with Crippen molar-refractivity contribution in [2.24, 2.45) is 0 Å². The maximum Gasteiger partial charge on any atom is 0.295 e. The minimum absolute atomic E-state index is 0.108. The summed E-state index contributed by atoms with van der Waals surface area (Å²) in [4.78, 5) is 30.2. The van der Waals surface area contributed by atoms with Gasteiger partial charge in [-0.3, -0.25) is 14.5 Å². The molecule has 3 aromatic rings. The summed E-state index contributed by atoms with van der Waals surface area (Å²) >= 11 is 0. The highest BCUT2D eigenvalue weighted by atomic mass is 16.5. The molecule has 2 heterocycles. The van der Waals surface area contributed by atoms with Gasteiger partial charge in [0.25, 0.3) is 11.7 Å². The van der Waals surface area contributed by atoms with E-state index in [0.29, 0.717) is 44.2 Å². The molecule has 0 radical (unpaired) electrons. The molecule has 0 aliphatic carbocycles. The lowest BCUT2D eigenvalue weighted by Crippen LogP contribution is -2.42. The van der Waals surface area contributed by atoms with E-state index in [-0.39, 0.29) is 11.3 Å². The zero-order valence-electron chi connectivity index (χ0n) is 20.6. The molecule has 37 heavy (non-hydrogen) atoms. The minimum Gasteiger partial charge on any atom is -0.507 e. The van der Waals surface area contributed by atoms with E-state index in [9.17, 15) is 14.7 Å². The fraction of sp³-hybridized carbons (Fsp3) is 0.267. The summed E-state index contributed by atoms with van der Waals surface area (Å²) in [6.07, 6.45) is 0.